The van der Waals surface area contributed by atoms with Crippen molar-refractivity contribution in [2.45, 2.75) is 20.8 Å². The van der Waals surface area contributed by atoms with Crippen molar-refractivity contribution in [2.24, 2.45) is 0 Å². The molecule has 0 aliphatic heterocycles. The molecule has 0 bridgehead atoms. The van der Waals surface area contributed by atoms with Crippen molar-refractivity contribution < 1.29 is 19.1 Å². The topological polar surface area (TPSA) is 68.4 Å². The number of hydrogen-bond donors (Lipinski definition) is 1. The van der Waals surface area contributed by atoms with E-state index in [-0.39, 0.29) is 18.1 Å². The second kappa shape index (κ2) is 6.87. The lowest BCUT2D eigenvalue weighted by atomic mass is 10.1. The highest BCUT2D eigenvalue weighted by Gasteiger charge is 2.22. The van der Waals surface area contributed by atoms with Gasteiger partial charge < -0.3 is 14.5 Å². The van der Waals surface area contributed by atoms with Crippen molar-refractivity contribution >= 4 is 23.4 Å². The van der Waals surface area contributed by atoms with E-state index in [1.54, 1.807) is 32.0 Å². The van der Waals surface area contributed by atoms with Crippen LogP contribution in [0.4, 0.5) is 0 Å². The highest BCUT2D eigenvalue weighted by molar-refractivity contribution is 6.31. The third kappa shape index (κ3) is 3.56. The molecule has 2 rings (SSSR count). The minimum absolute atomic E-state index is 0.124. The second-order valence-electron chi connectivity index (χ2n) is 5.24. The van der Waals surface area contributed by atoms with Crippen LogP contribution in [0, 0.1) is 20.8 Å². The number of halogens is 1. The lowest BCUT2D eigenvalue weighted by Crippen LogP contribution is -2.13. The molecule has 0 fully saturated rings. The average Bonchev–Trinajstić information content (AvgIpc) is 2.82. The molecule has 0 aliphatic rings. The van der Waals surface area contributed by atoms with E-state index in [0.29, 0.717) is 27.6 Å². The first-order valence-corrected chi connectivity index (χ1v) is 7.42. The van der Waals surface area contributed by atoms with Gasteiger partial charge in [0.25, 0.3) is 0 Å². The third-order valence-corrected chi connectivity index (χ3v) is 4.03. The smallest absolute Gasteiger partial charge is 0.354 e. The van der Waals surface area contributed by atoms with E-state index in [2.05, 4.69) is 4.98 Å². The molecule has 5 nitrogen and oxygen atoms in total. The van der Waals surface area contributed by atoms with Gasteiger partial charge in [0.1, 0.15) is 11.4 Å². The Balaban J connectivity index is 2.16. The van der Waals surface area contributed by atoms with Crippen LogP contribution in [-0.2, 0) is 4.74 Å². The highest BCUT2D eigenvalue weighted by Crippen LogP contribution is 2.22. The van der Waals surface area contributed by atoms with Crippen molar-refractivity contribution in [3.63, 3.8) is 0 Å². The number of Topliss-reactive ketones (excluding diaryl/α,β-unsaturated/α-hetero) is 1. The van der Waals surface area contributed by atoms with Crippen LogP contribution in [0.2, 0.25) is 5.02 Å². The maximum atomic E-state index is 12.4. The summed E-state index contributed by atoms with van der Waals surface area (Å²) in [6, 6.07) is 5.20. The fraction of sp³-hybridized carbons (Fsp3) is 0.294. The van der Waals surface area contributed by atoms with E-state index in [1.165, 1.54) is 7.11 Å². The van der Waals surface area contributed by atoms with E-state index in [0.717, 1.165) is 5.56 Å². The number of aryl methyl sites for hydroxylation is 2. The Morgan fingerprint density at radius 2 is 1.91 bits per heavy atom. The molecule has 0 atom stereocenters. The molecule has 2 aromatic rings. The summed E-state index contributed by atoms with van der Waals surface area (Å²) in [5, 5.41) is 0.642. The Labute approximate surface area is 139 Å². The number of aromatic amines is 1. The first kappa shape index (κ1) is 17.1. The Bertz CT molecular complexity index is 764. The van der Waals surface area contributed by atoms with Crippen molar-refractivity contribution in [3.8, 4) is 5.75 Å². The summed E-state index contributed by atoms with van der Waals surface area (Å²) in [6.07, 6.45) is 0. The zero-order valence-electron chi connectivity index (χ0n) is 13.5. The molecule has 122 valence electrons. The van der Waals surface area contributed by atoms with Gasteiger partial charge in [-0.2, -0.15) is 0 Å². The van der Waals surface area contributed by atoms with Crippen LogP contribution < -0.4 is 4.74 Å². The number of H-pyrrole nitrogens is 1. The summed E-state index contributed by atoms with van der Waals surface area (Å²) in [5.74, 6) is -0.141. The first-order valence-electron chi connectivity index (χ1n) is 7.04. The van der Waals surface area contributed by atoms with Crippen LogP contribution in [0.25, 0.3) is 0 Å². The third-order valence-electron chi connectivity index (χ3n) is 3.61. The predicted octanol–water partition coefficient (Wildman–Crippen LogP) is 3.64. The van der Waals surface area contributed by atoms with Gasteiger partial charge in [-0.05, 0) is 50.1 Å². The minimum atomic E-state index is -0.501. The summed E-state index contributed by atoms with van der Waals surface area (Å²) >= 11 is 5.96. The molecule has 0 saturated heterocycles. The molecule has 0 unspecified atom stereocenters. The predicted molar refractivity (Wildman–Crippen MR) is 87.6 cm³/mol. The fourth-order valence-electron chi connectivity index (χ4n) is 2.40. The SMILES string of the molecule is COC(=O)c1[nH]c(C)c(C(=O)COc2ccc(Cl)c(C)c2)c1C. The van der Waals surface area contributed by atoms with Crippen LogP contribution in [-0.4, -0.2) is 30.5 Å². The molecule has 23 heavy (non-hydrogen) atoms. The Morgan fingerprint density at radius 3 is 2.52 bits per heavy atom. The van der Waals surface area contributed by atoms with Crippen molar-refractivity contribution in [1.29, 1.82) is 0 Å². The molecule has 0 aliphatic carbocycles. The summed E-state index contributed by atoms with van der Waals surface area (Å²) in [7, 11) is 1.30. The van der Waals surface area contributed by atoms with Crippen LogP contribution >= 0.6 is 11.6 Å². The minimum Gasteiger partial charge on any atom is -0.485 e. The number of carbonyl (C=O) groups excluding carboxylic acids is 2. The van der Waals surface area contributed by atoms with E-state index in [1.807, 2.05) is 6.92 Å². The quantitative estimate of drug-likeness (QED) is 0.669. The van der Waals surface area contributed by atoms with Crippen molar-refractivity contribution in [2.75, 3.05) is 13.7 Å². The van der Waals surface area contributed by atoms with E-state index >= 15 is 0 Å². The number of rotatable bonds is 5. The zero-order chi connectivity index (χ0) is 17.1. The highest BCUT2D eigenvalue weighted by atomic mass is 35.5. The fourth-order valence-corrected chi connectivity index (χ4v) is 2.52. The molecule has 0 radical (unpaired) electrons. The van der Waals surface area contributed by atoms with E-state index in [9.17, 15) is 9.59 Å². The summed E-state index contributed by atoms with van der Waals surface area (Å²) in [4.78, 5) is 27.0. The Kier molecular flexibility index (Phi) is 5.11. The van der Waals surface area contributed by atoms with Gasteiger partial charge in [0.15, 0.2) is 6.61 Å². The van der Waals surface area contributed by atoms with Gasteiger partial charge in [-0.15, -0.1) is 0 Å². The number of methoxy groups -OCH3 is 1. The molecule has 6 heteroatoms. The van der Waals surface area contributed by atoms with Crippen LogP contribution in [0.5, 0.6) is 5.75 Å². The maximum absolute atomic E-state index is 12.4. The van der Waals surface area contributed by atoms with E-state index < -0.39 is 5.97 Å². The van der Waals surface area contributed by atoms with Gasteiger partial charge in [0.05, 0.1) is 7.11 Å². The molecule has 1 heterocycles. The van der Waals surface area contributed by atoms with E-state index in [4.69, 9.17) is 21.1 Å². The summed E-state index contributed by atoms with van der Waals surface area (Å²) in [5.41, 5.74) is 2.80. The molecule has 1 N–H and O–H groups in total. The lowest BCUT2D eigenvalue weighted by Gasteiger charge is -2.08. The molecule has 1 aromatic heterocycles. The largest absolute Gasteiger partial charge is 0.485 e. The number of esters is 1. The maximum Gasteiger partial charge on any atom is 0.354 e. The number of nitrogens with one attached hydrogen (secondary N) is 1. The van der Waals surface area contributed by atoms with Crippen LogP contribution in [0.3, 0.4) is 0 Å². The summed E-state index contributed by atoms with van der Waals surface area (Å²) < 4.78 is 10.2. The monoisotopic (exact) mass is 335 g/mol. The standard InChI is InChI=1S/C17H18ClNO4/c1-9-7-12(5-6-13(9)18)23-8-14(20)15-10(2)16(17(21)22-4)19-11(15)3/h5-7,19H,8H2,1-4H3. The van der Waals surface area contributed by atoms with Crippen LogP contribution in [0.15, 0.2) is 18.2 Å². The van der Waals surface area contributed by atoms with Crippen molar-refractivity contribution in [1.82, 2.24) is 4.98 Å². The normalized spacial score (nSPS) is 10.5. The van der Waals surface area contributed by atoms with Gasteiger partial charge in [-0.1, -0.05) is 11.6 Å². The van der Waals surface area contributed by atoms with Gasteiger partial charge in [0.2, 0.25) is 5.78 Å². The Hall–Kier alpha value is -2.27. The number of carbonyl (C=O) groups is 2. The van der Waals surface area contributed by atoms with Crippen LogP contribution in [0.1, 0.15) is 37.7 Å². The van der Waals surface area contributed by atoms with Gasteiger partial charge >= 0.3 is 5.97 Å². The molecular formula is C17H18ClNO4. The lowest BCUT2D eigenvalue weighted by molar-refractivity contribution is 0.0594. The summed E-state index contributed by atoms with van der Waals surface area (Å²) in [6.45, 7) is 5.18. The number of benzene rings is 1. The Morgan fingerprint density at radius 1 is 1.22 bits per heavy atom. The number of ketones is 1. The van der Waals surface area contributed by atoms with Gasteiger partial charge in [-0.25, -0.2) is 4.79 Å². The number of aromatic nitrogens is 1. The molecule has 0 amide bonds. The van der Waals surface area contributed by atoms with Gasteiger partial charge in [0, 0.05) is 16.3 Å². The zero-order valence-corrected chi connectivity index (χ0v) is 14.2. The molecule has 0 saturated carbocycles. The average molecular weight is 336 g/mol. The molecule has 0 spiro atoms. The number of hydrogen-bond acceptors (Lipinski definition) is 4. The second-order valence-corrected chi connectivity index (χ2v) is 5.65. The van der Waals surface area contributed by atoms with Crippen molar-refractivity contribution in [3.05, 3.63) is 51.3 Å². The number of ether oxygens (including phenoxy) is 2. The molecule has 1 aromatic carbocycles. The first-order chi connectivity index (χ1) is 10.8. The molecular weight excluding hydrogens is 318 g/mol. The van der Waals surface area contributed by atoms with Gasteiger partial charge in [-0.3, -0.25) is 4.79 Å².